The summed E-state index contributed by atoms with van der Waals surface area (Å²) in [5.41, 5.74) is 3.47. The lowest BCUT2D eigenvalue weighted by Gasteiger charge is -2.39. The fraction of sp³-hybridized carbons (Fsp3) is 0.250. The molecule has 1 heterocycles. The molecule has 0 bridgehead atoms. The Kier molecular flexibility index (Phi) is 6.16. The first kappa shape index (κ1) is 21.9. The van der Waals surface area contributed by atoms with E-state index in [0.29, 0.717) is 38.3 Å². The number of ketones is 1. The minimum atomic E-state index is -0.569. The maximum absolute atomic E-state index is 13.5. The molecule has 4 rings (SSSR count). The molecule has 160 valence electrons. The maximum atomic E-state index is 13.5. The lowest BCUT2D eigenvalue weighted by Crippen LogP contribution is -2.41. The van der Waals surface area contributed by atoms with Gasteiger partial charge in [-0.25, -0.2) is 4.79 Å². The van der Waals surface area contributed by atoms with E-state index in [0.717, 1.165) is 11.3 Å². The zero-order valence-electron chi connectivity index (χ0n) is 16.9. The lowest BCUT2D eigenvalue weighted by atomic mass is 9.68. The predicted octanol–water partition coefficient (Wildman–Crippen LogP) is 6.04. The molecule has 2 aromatic rings. The monoisotopic (exact) mass is 475 g/mol. The molecule has 0 radical (unpaired) electrons. The van der Waals surface area contributed by atoms with Crippen LogP contribution in [0.5, 0.6) is 0 Å². The molecule has 0 fully saturated rings. The Hall–Kier alpha value is -2.27. The van der Waals surface area contributed by atoms with E-state index in [-0.39, 0.29) is 11.7 Å². The van der Waals surface area contributed by atoms with Crippen LogP contribution in [0.4, 0.5) is 0 Å². The number of ether oxygens (including phenoxy) is 1. The van der Waals surface area contributed by atoms with Gasteiger partial charge in [0.25, 0.3) is 0 Å². The summed E-state index contributed by atoms with van der Waals surface area (Å²) in [4.78, 5) is 26.2. The van der Waals surface area contributed by atoms with Crippen LogP contribution in [0.25, 0.3) is 0 Å². The van der Waals surface area contributed by atoms with Crippen molar-refractivity contribution >= 4 is 46.6 Å². The number of allylic oxidation sites excluding steroid dienone is 3. The molecule has 0 amide bonds. The molecule has 1 N–H and O–H groups in total. The molecule has 3 atom stereocenters. The molecule has 2 aliphatic rings. The Morgan fingerprint density at radius 3 is 2.35 bits per heavy atom. The summed E-state index contributed by atoms with van der Waals surface area (Å²) in [6.07, 6.45) is 2.37. The maximum Gasteiger partial charge on any atom is 0.336 e. The van der Waals surface area contributed by atoms with E-state index in [1.807, 2.05) is 24.3 Å². The number of nitrogens with one attached hydrogen (secondary N) is 1. The second kappa shape index (κ2) is 8.70. The molecule has 31 heavy (non-hydrogen) atoms. The van der Waals surface area contributed by atoms with E-state index in [4.69, 9.17) is 39.5 Å². The highest BCUT2D eigenvalue weighted by atomic mass is 35.5. The fourth-order valence-corrected chi connectivity index (χ4v) is 5.12. The minimum absolute atomic E-state index is 0.0230. The van der Waals surface area contributed by atoms with Gasteiger partial charge >= 0.3 is 5.97 Å². The summed E-state index contributed by atoms with van der Waals surface area (Å²) in [5.74, 6) is -1.69. The van der Waals surface area contributed by atoms with Crippen molar-refractivity contribution in [3.8, 4) is 0 Å². The van der Waals surface area contributed by atoms with Crippen LogP contribution in [-0.4, -0.2) is 18.9 Å². The van der Waals surface area contributed by atoms with E-state index in [2.05, 4.69) is 11.4 Å². The van der Waals surface area contributed by atoms with Crippen molar-refractivity contribution in [1.82, 2.24) is 5.32 Å². The van der Waals surface area contributed by atoms with Crippen molar-refractivity contribution in [3.05, 3.63) is 91.7 Å². The second-order valence-electron chi connectivity index (χ2n) is 7.73. The van der Waals surface area contributed by atoms with Crippen molar-refractivity contribution in [2.75, 3.05) is 7.11 Å². The van der Waals surface area contributed by atoms with Crippen LogP contribution in [0.1, 0.15) is 36.3 Å². The largest absolute Gasteiger partial charge is 0.466 e. The summed E-state index contributed by atoms with van der Waals surface area (Å²) in [6, 6.07) is 12.6. The Labute approximate surface area is 195 Å². The Balaban J connectivity index is 1.85. The molecule has 0 spiro atoms. The molecule has 4 nitrogen and oxygen atoms in total. The van der Waals surface area contributed by atoms with Crippen LogP contribution in [0.15, 0.2) is 65.5 Å². The molecule has 0 saturated carbocycles. The molecule has 7 heteroatoms. The topological polar surface area (TPSA) is 55.4 Å². The third-order valence-electron chi connectivity index (χ3n) is 5.86. The SMILES string of the molecule is COC(=O)C1=C(C)NC2=CC(c3ccc(Cl)cc3)CC(=O)C2C1c1ccc(Cl)cc1Cl. The first-order valence-electron chi connectivity index (χ1n) is 9.81. The van der Waals surface area contributed by atoms with Crippen LogP contribution in [0, 0.1) is 5.92 Å². The van der Waals surface area contributed by atoms with Crippen molar-refractivity contribution in [3.63, 3.8) is 0 Å². The number of benzene rings is 2. The highest BCUT2D eigenvalue weighted by molar-refractivity contribution is 6.35. The van der Waals surface area contributed by atoms with Gasteiger partial charge in [-0.3, -0.25) is 4.79 Å². The molecule has 1 aliphatic heterocycles. The van der Waals surface area contributed by atoms with Gasteiger partial charge < -0.3 is 10.1 Å². The summed E-state index contributed by atoms with van der Waals surface area (Å²) in [6.45, 7) is 1.80. The Morgan fingerprint density at radius 1 is 1.03 bits per heavy atom. The van der Waals surface area contributed by atoms with Crippen LogP contribution in [0.2, 0.25) is 15.1 Å². The Morgan fingerprint density at radius 2 is 1.71 bits per heavy atom. The smallest absolute Gasteiger partial charge is 0.336 e. The van der Waals surface area contributed by atoms with E-state index < -0.39 is 17.8 Å². The molecule has 3 unspecified atom stereocenters. The average molecular weight is 477 g/mol. The van der Waals surface area contributed by atoms with Gasteiger partial charge in [-0.2, -0.15) is 0 Å². The zero-order valence-corrected chi connectivity index (χ0v) is 19.2. The highest BCUT2D eigenvalue weighted by Gasteiger charge is 2.45. The van der Waals surface area contributed by atoms with Gasteiger partial charge in [0, 0.05) is 44.7 Å². The first-order valence-corrected chi connectivity index (χ1v) is 10.9. The Bertz CT molecular complexity index is 1120. The number of halogens is 3. The summed E-state index contributed by atoms with van der Waals surface area (Å²) in [7, 11) is 1.33. The van der Waals surface area contributed by atoms with Gasteiger partial charge in [-0.15, -0.1) is 0 Å². The second-order valence-corrected chi connectivity index (χ2v) is 9.01. The number of esters is 1. The van der Waals surface area contributed by atoms with E-state index in [1.54, 1.807) is 25.1 Å². The summed E-state index contributed by atoms with van der Waals surface area (Å²) >= 11 is 18.6. The van der Waals surface area contributed by atoms with Crippen LogP contribution >= 0.6 is 34.8 Å². The third kappa shape index (κ3) is 4.12. The molecular formula is C24H20Cl3NO3. The number of methoxy groups -OCH3 is 1. The number of hydrogen-bond donors (Lipinski definition) is 1. The third-order valence-corrected chi connectivity index (χ3v) is 6.68. The van der Waals surface area contributed by atoms with Crippen LogP contribution in [0.3, 0.4) is 0 Å². The number of fused-ring (bicyclic) bond motifs is 1. The van der Waals surface area contributed by atoms with Crippen molar-refractivity contribution in [2.24, 2.45) is 5.92 Å². The fourth-order valence-electron chi connectivity index (χ4n) is 4.47. The van der Waals surface area contributed by atoms with Gasteiger partial charge in [0.15, 0.2) is 0 Å². The minimum Gasteiger partial charge on any atom is -0.466 e. The van der Waals surface area contributed by atoms with Gasteiger partial charge in [-0.05, 0) is 42.3 Å². The highest BCUT2D eigenvalue weighted by Crippen LogP contribution is 2.48. The van der Waals surface area contributed by atoms with Crippen LogP contribution in [-0.2, 0) is 14.3 Å². The van der Waals surface area contributed by atoms with E-state index in [1.165, 1.54) is 7.11 Å². The van der Waals surface area contributed by atoms with Crippen molar-refractivity contribution < 1.29 is 14.3 Å². The first-order chi connectivity index (χ1) is 14.8. The molecule has 0 aromatic heterocycles. The van der Waals surface area contributed by atoms with Gasteiger partial charge in [0.2, 0.25) is 0 Å². The number of rotatable bonds is 3. The number of Topliss-reactive ketones (excluding diaryl/α,β-unsaturated/α-hetero) is 1. The van der Waals surface area contributed by atoms with Gasteiger partial charge in [-0.1, -0.05) is 59.1 Å². The average Bonchev–Trinajstić information content (AvgIpc) is 2.73. The van der Waals surface area contributed by atoms with E-state index in [9.17, 15) is 9.59 Å². The van der Waals surface area contributed by atoms with Crippen LogP contribution < -0.4 is 5.32 Å². The zero-order chi connectivity index (χ0) is 22.3. The standard InChI is InChI=1S/C24H20Cl3NO3/c1-12-21(24(30)31-2)22(17-8-7-16(26)11-18(17)27)23-19(28-12)9-14(10-20(23)29)13-3-5-15(25)6-4-13/h3-9,11,14,22-23,28H,10H2,1-2H3. The number of carbonyl (C=O) groups excluding carboxylic acids is 2. The number of carbonyl (C=O) groups is 2. The van der Waals surface area contributed by atoms with Crippen molar-refractivity contribution in [2.45, 2.75) is 25.2 Å². The summed E-state index contributed by atoms with van der Waals surface area (Å²) < 4.78 is 5.04. The van der Waals surface area contributed by atoms with E-state index >= 15 is 0 Å². The predicted molar refractivity (Wildman–Crippen MR) is 122 cm³/mol. The quantitative estimate of drug-likeness (QED) is 0.549. The molecule has 0 saturated heterocycles. The van der Waals surface area contributed by atoms with Gasteiger partial charge in [0.05, 0.1) is 18.6 Å². The molecule has 1 aliphatic carbocycles. The van der Waals surface area contributed by atoms with Crippen molar-refractivity contribution in [1.29, 1.82) is 0 Å². The molecule has 2 aromatic carbocycles. The van der Waals surface area contributed by atoms with Gasteiger partial charge in [0.1, 0.15) is 5.78 Å². The molecular weight excluding hydrogens is 457 g/mol. The number of hydrogen-bond acceptors (Lipinski definition) is 4. The summed E-state index contributed by atoms with van der Waals surface area (Å²) in [5, 5.41) is 4.81. The normalized spacial score (nSPS) is 23.1. The lowest BCUT2D eigenvalue weighted by molar-refractivity contribution is -0.136.